The Hall–Kier alpha value is -4.04. The average molecular weight is 511 g/mol. The molecule has 4 aromatic rings. The number of carbonyl (C=O) groups is 1. The van der Waals surface area contributed by atoms with Crippen molar-refractivity contribution in [1.82, 2.24) is 24.8 Å². The van der Waals surface area contributed by atoms with E-state index in [1.54, 1.807) is 12.4 Å². The van der Waals surface area contributed by atoms with Crippen LogP contribution in [-0.2, 0) is 11.2 Å². The standard InChI is InChI=1S/C29H30N6OS/c1-3-21-9-4-5-11-23(21)32-26(36)15-18-34-28(27(33-29(34)37)24-12-6-7-17-31-24)25-14-13-20(2)35(25)22-10-8-16-30-19-22/h4-14,16-17,19,27-28H,3,15,18H2,1-2H3,(H,32,36)(H,33,37)/t27-,28+/m1/s1. The van der Waals surface area contributed by atoms with Gasteiger partial charge in [0.05, 0.1) is 29.7 Å². The Morgan fingerprint density at radius 3 is 2.65 bits per heavy atom. The lowest BCUT2D eigenvalue weighted by atomic mass is 10.0. The largest absolute Gasteiger partial charge is 0.352 e. The highest BCUT2D eigenvalue weighted by Gasteiger charge is 2.41. The fourth-order valence-corrected chi connectivity index (χ4v) is 5.31. The van der Waals surface area contributed by atoms with Crippen LogP contribution in [-0.4, -0.2) is 37.0 Å². The minimum Gasteiger partial charge on any atom is -0.352 e. The SMILES string of the molecule is CCc1ccccc1NC(=O)CCN1C(=S)N[C@H](c2ccccn2)[C@@H]1c1ccc(C)n1-c1cccnc1. The molecule has 0 spiro atoms. The summed E-state index contributed by atoms with van der Waals surface area (Å²) in [5.74, 6) is -0.0393. The first-order valence-corrected chi connectivity index (χ1v) is 12.9. The molecule has 0 bridgehead atoms. The normalized spacial score (nSPS) is 17.0. The number of nitrogens with one attached hydrogen (secondary N) is 2. The van der Waals surface area contributed by atoms with Gasteiger partial charge in [-0.05, 0) is 73.6 Å². The maximum absolute atomic E-state index is 13.0. The number of aromatic nitrogens is 3. The van der Waals surface area contributed by atoms with Gasteiger partial charge >= 0.3 is 0 Å². The highest BCUT2D eigenvalue weighted by atomic mass is 32.1. The van der Waals surface area contributed by atoms with E-state index in [-0.39, 0.29) is 18.0 Å². The molecular weight excluding hydrogens is 480 g/mol. The van der Waals surface area contributed by atoms with E-state index in [9.17, 15) is 4.79 Å². The number of nitrogens with zero attached hydrogens (tertiary/aromatic N) is 4. The summed E-state index contributed by atoms with van der Waals surface area (Å²) in [5.41, 5.74) is 6.01. The first kappa shape index (κ1) is 24.6. The van der Waals surface area contributed by atoms with Gasteiger partial charge in [-0.3, -0.25) is 14.8 Å². The number of benzene rings is 1. The number of anilines is 1. The Kier molecular flexibility index (Phi) is 7.28. The molecule has 37 heavy (non-hydrogen) atoms. The highest BCUT2D eigenvalue weighted by Crippen LogP contribution is 2.40. The van der Waals surface area contributed by atoms with Gasteiger partial charge in [0.25, 0.3) is 0 Å². The van der Waals surface area contributed by atoms with Gasteiger partial charge in [-0.25, -0.2) is 0 Å². The molecule has 0 saturated carbocycles. The molecule has 188 valence electrons. The summed E-state index contributed by atoms with van der Waals surface area (Å²) in [6.07, 6.45) is 6.58. The average Bonchev–Trinajstić information content (AvgIpc) is 3.47. The molecule has 4 heterocycles. The van der Waals surface area contributed by atoms with Crippen molar-refractivity contribution in [2.45, 2.75) is 38.8 Å². The smallest absolute Gasteiger partial charge is 0.226 e. The van der Waals surface area contributed by atoms with E-state index in [1.807, 2.05) is 60.8 Å². The summed E-state index contributed by atoms with van der Waals surface area (Å²) in [5, 5.41) is 7.18. The molecule has 3 aromatic heterocycles. The summed E-state index contributed by atoms with van der Waals surface area (Å²) in [7, 11) is 0. The zero-order chi connectivity index (χ0) is 25.8. The lowest BCUT2D eigenvalue weighted by molar-refractivity contribution is -0.116. The predicted octanol–water partition coefficient (Wildman–Crippen LogP) is 5.14. The van der Waals surface area contributed by atoms with E-state index in [0.717, 1.165) is 40.4 Å². The number of carbonyl (C=O) groups excluding carboxylic acids is 1. The van der Waals surface area contributed by atoms with Gasteiger partial charge in [0, 0.05) is 42.4 Å². The minimum atomic E-state index is -0.165. The van der Waals surface area contributed by atoms with Crippen LogP contribution in [0.25, 0.3) is 5.69 Å². The lowest BCUT2D eigenvalue weighted by Gasteiger charge is -2.29. The van der Waals surface area contributed by atoms with Gasteiger partial charge < -0.3 is 20.1 Å². The zero-order valence-electron chi connectivity index (χ0n) is 21.0. The summed E-state index contributed by atoms with van der Waals surface area (Å²) in [4.78, 5) is 24.1. The van der Waals surface area contributed by atoms with Gasteiger partial charge in [0.15, 0.2) is 5.11 Å². The second kappa shape index (κ2) is 10.9. The van der Waals surface area contributed by atoms with Crippen LogP contribution >= 0.6 is 12.2 Å². The molecule has 5 rings (SSSR count). The molecule has 0 radical (unpaired) electrons. The molecule has 1 aliphatic heterocycles. The molecule has 1 saturated heterocycles. The van der Waals surface area contributed by atoms with Crippen LogP contribution in [0.3, 0.4) is 0 Å². The van der Waals surface area contributed by atoms with Gasteiger partial charge in [-0.2, -0.15) is 0 Å². The van der Waals surface area contributed by atoms with Gasteiger partial charge in [0.2, 0.25) is 5.91 Å². The van der Waals surface area contributed by atoms with Crippen molar-refractivity contribution >= 4 is 28.9 Å². The Morgan fingerprint density at radius 1 is 1.05 bits per heavy atom. The third kappa shape index (κ3) is 5.11. The lowest BCUT2D eigenvalue weighted by Crippen LogP contribution is -2.33. The fraction of sp³-hybridized carbons (Fsp3) is 0.241. The molecule has 0 unspecified atom stereocenters. The van der Waals surface area contributed by atoms with Crippen molar-refractivity contribution in [2.24, 2.45) is 0 Å². The van der Waals surface area contributed by atoms with Crippen molar-refractivity contribution in [3.8, 4) is 5.69 Å². The van der Waals surface area contributed by atoms with Crippen LogP contribution in [0.15, 0.2) is 85.3 Å². The first-order valence-electron chi connectivity index (χ1n) is 12.5. The first-order chi connectivity index (χ1) is 18.1. The van der Waals surface area contributed by atoms with E-state index >= 15 is 0 Å². The molecule has 1 fully saturated rings. The van der Waals surface area contributed by atoms with Crippen molar-refractivity contribution in [3.63, 3.8) is 0 Å². The molecule has 1 aromatic carbocycles. The van der Waals surface area contributed by atoms with Gasteiger partial charge in [-0.15, -0.1) is 0 Å². The Labute approximate surface area is 222 Å². The molecular formula is C29H30N6OS. The van der Waals surface area contributed by atoms with Gasteiger partial charge in [-0.1, -0.05) is 31.2 Å². The third-order valence-corrected chi connectivity index (χ3v) is 7.12. The summed E-state index contributed by atoms with van der Waals surface area (Å²) >= 11 is 5.82. The van der Waals surface area contributed by atoms with Crippen molar-refractivity contribution in [3.05, 3.63) is 108 Å². The number of rotatable bonds is 8. The van der Waals surface area contributed by atoms with E-state index in [4.69, 9.17) is 12.2 Å². The number of aryl methyl sites for hydroxylation is 2. The number of amides is 1. The molecule has 2 atom stereocenters. The molecule has 1 aliphatic rings. The third-order valence-electron chi connectivity index (χ3n) is 6.76. The number of hydrogen-bond acceptors (Lipinski definition) is 4. The number of pyridine rings is 2. The zero-order valence-corrected chi connectivity index (χ0v) is 21.8. The number of hydrogen-bond donors (Lipinski definition) is 2. The summed E-state index contributed by atoms with van der Waals surface area (Å²) in [6, 6.07) is 21.7. The Bertz CT molecular complexity index is 1390. The summed E-state index contributed by atoms with van der Waals surface area (Å²) < 4.78 is 2.20. The topological polar surface area (TPSA) is 75.1 Å². The van der Waals surface area contributed by atoms with Crippen molar-refractivity contribution in [2.75, 3.05) is 11.9 Å². The summed E-state index contributed by atoms with van der Waals surface area (Å²) in [6.45, 7) is 4.63. The van der Waals surface area contributed by atoms with Crippen LogP contribution in [0.5, 0.6) is 0 Å². The predicted molar refractivity (Wildman–Crippen MR) is 150 cm³/mol. The maximum atomic E-state index is 13.0. The van der Waals surface area contributed by atoms with E-state index in [2.05, 4.69) is 56.0 Å². The number of thiocarbonyl (C=S) groups is 1. The van der Waals surface area contributed by atoms with Crippen LogP contribution < -0.4 is 10.6 Å². The fourth-order valence-electron chi connectivity index (χ4n) is 4.98. The van der Waals surface area contributed by atoms with Crippen LogP contribution in [0, 0.1) is 6.92 Å². The monoisotopic (exact) mass is 510 g/mol. The quantitative estimate of drug-likeness (QED) is 0.320. The Balaban J connectivity index is 1.46. The van der Waals surface area contributed by atoms with E-state index < -0.39 is 0 Å². The highest BCUT2D eigenvalue weighted by molar-refractivity contribution is 7.80. The van der Waals surface area contributed by atoms with Crippen LogP contribution in [0.4, 0.5) is 5.69 Å². The second-order valence-corrected chi connectivity index (χ2v) is 9.46. The molecule has 7 nitrogen and oxygen atoms in total. The van der Waals surface area contributed by atoms with E-state index in [1.165, 1.54) is 0 Å². The van der Waals surface area contributed by atoms with Gasteiger partial charge in [0.1, 0.15) is 0 Å². The molecule has 0 aliphatic carbocycles. The van der Waals surface area contributed by atoms with E-state index in [0.29, 0.717) is 18.1 Å². The van der Waals surface area contributed by atoms with Crippen LogP contribution in [0.1, 0.15) is 48.1 Å². The Morgan fingerprint density at radius 2 is 1.89 bits per heavy atom. The number of para-hydroxylation sites is 1. The molecule has 8 heteroatoms. The van der Waals surface area contributed by atoms with Crippen molar-refractivity contribution in [1.29, 1.82) is 0 Å². The maximum Gasteiger partial charge on any atom is 0.226 e. The molecule has 1 amide bonds. The van der Waals surface area contributed by atoms with Crippen LogP contribution in [0.2, 0.25) is 0 Å². The minimum absolute atomic E-state index is 0.0393. The molecule has 2 N–H and O–H groups in total. The van der Waals surface area contributed by atoms with Crippen molar-refractivity contribution < 1.29 is 4.79 Å². The second-order valence-electron chi connectivity index (χ2n) is 9.08.